The van der Waals surface area contributed by atoms with Gasteiger partial charge in [0.2, 0.25) is 0 Å². The maximum atomic E-state index is 5.12. The molecule has 0 unspecified atom stereocenters. The lowest BCUT2D eigenvalue weighted by Crippen LogP contribution is -2.09. The third-order valence-electron chi connectivity index (χ3n) is 2.16. The van der Waals surface area contributed by atoms with E-state index in [2.05, 4.69) is 5.92 Å². The van der Waals surface area contributed by atoms with Gasteiger partial charge in [0.05, 0.1) is 0 Å². The Morgan fingerprint density at radius 3 is 2.67 bits per heavy atom. The molecule has 0 aliphatic heterocycles. The highest BCUT2D eigenvalue weighted by Crippen LogP contribution is 2.30. The lowest BCUT2D eigenvalue weighted by molar-refractivity contribution is 0.291. The van der Waals surface area contributed by atoms with Crippen molar-refractivity contribution >= 4 is 0 Å². The van der Waals surface area contributed by atoms with E-state index < -0.39 is 0 Å². The topological polar surface area (TPSA) is 0 Å². The van der Waals surface area contributed by atoms with Gasteiger partial charge in [0.1, 0.15) is 0 Å². The molecule has 0 spiro atoms. The average Bonchev–Trinajstić information content (AvgIpc) is 1.76. The first-order valence-corrected chi connectivity index (χ1v) is 3.87. The Morgan fingerprint density at radius 1 is 1.44 bits per heavy atom. The van der Waals surface area contributed by atoms with E-state index in [-0.39, 0.29) is 0 Å². The Morgan fingerprint density at radius 2 is 2.22 bits per heavy atom. The summed E-state index contributed by atoms with van der Waals surface area (Å²) >= 11 is 0. The summed E-state index contributed by atoms with van der Waals surface area (Å²) in [5.41, 5.74) is 0. The normalized spacial score (nSPS) is 18.6. The highest BCUT2D eigenvalue weighted by Gasteiger charge is 2.15. The van der Waals surface area contributed by atoms with Crippen LogP contribution >= 0.6 is 0 Å². The summed E-state index contributed by atoms with van der Waals surface area (Å²) in [5, 5.41) is 0. The molecule has 0 aromatic heterocycles. The van der Waals surface area contributed by atoms with Gasteiger partial charge in [0.25, 0.3) is 0 Å². The van der Waals surface area contributed by atoms with Gasteiger partial charge in [0.15, 0.2) is 0 Å². The van der Waals surface area contributed by atoms with Gasteiger partial charge in [-0.2, -0.15) is 0 Å². The van der Waals surface area contributed by atoms with Crippen LogP contribution in [0.5, 0.6) is 0 Å². The quantitative estimate of drug-likeness (QED) is 0.398. The molecule has 0 atom stereocenters. The summed E-state index contributed by atoms with van der Waals surface area (Å²) in [5.74, 6) is 3.71. The van der Waals surface area contributed by atoms with Crippen molar-refractivity contribution in [3.8, 4) is 12.3 Å². The predicted molar refractivity (Wildman–Crippen MR) is 40.0 cm³/mol. The molecule has 0 heteroatoms. The molecule has 9 heavy (non-hydrogen) atoms. The van der Waals surface area contributed by atoms with Crippen LogP contribution in [0, 0.1) is 18.3 Å². The molecule has 0 heterocycles. The zero-order valence-corrected chi connectivity index (χ0v) is 5.90. The van der Waals surface area contributed by atoms with Gasteiger partial charge in [-0.05, 0) is 18.8 Å². The van der Waals surface area contributed by atoms with Crippen LogP contribution in [-0.4, -0.2) is 0 Å². The molecule has 0 nitrogen and oxygen atoms in total. The SMILES string of the molecule is C#CCCCC1CCC1. The van der Waals surface area contributed by atoms with Crippen LogP contribution in [0.1, 0.15) is 38.5 Å². The molecule has 1 aliphatic rings. The molecular formula is C9H14. The van der Waals surface area contributed by atoms with Crippen molar-refractivity contribution in [3.05, 3.63) is 0 Å². The standard InChI is InChI=1S/C9H14/c1-2-3-4-6-9-7-5-8-9/h1,9H,3-8H2. The van der Waals surface area contributed by atoms with Crippen LogP contribution in [0.25, 0.3) is 0 Å². The number of terminal acetylenes is 1. The lowest BCUT2D eigenvalue weighted by Gasteiger charge is -2.24. The second-order valence-corrected chi connectivity index (χ2v) is 2.89. The highest BCUT2D eigenvalue weighted by atomic mass is 14.2. The summed E-state index contributed by atoms with van der Waals surface area (Å²) in [7, 11) is 0. The molecule has 1 aliphatic carbocycles. The van der Waals surface area contributed by atoms with Gasteiger partial charge < -0.3 is 0 Å². The molecular weight excluding hydrogens is 108 g/mol. The zero-order valence-electron chi connectivity index (χ0n) is 5.90. The van der Waals surface area contributed by atoms with Gasteiger partial charge in [-0.25, -0.2) is 0 Å². The smallest absolute Gasteiger partial charge is 0.00861 e. The van der Waals surface area contributed by atoms with Gasteiger partial charge in [-0.1, -0.05) is 19.3 Å². The van der Waals surface area contributed by atoms with Crippen molar-refractivity contribution < 1.29 is 0 Å². The van der Waals surface area contributed by atoms with Gasteiger partial charge >= 0.3 is 0 Å². The molecule has 1 fully saturated rings. The molecule has 0 saturated heterocycles. The fraction of sp³-hybridized carbons (Fsp3) is 0.778. The second kappa shape index (κ2) is 3.56. The minimum Gasteiger partial charge on any atom is -0.120 e. The highest BCUT2D eigenvalue weighted by molar-refractivity contribution is 4.83. The predicted octanol–water partition coefficient (Wildman–Crippen LogP) is 2.59. The maximum Gasteiger partial charge on any atom is 0.00861 e. The fourth-order valence-electron chi connectivity index (χ4n) is 1.27. The van der Waals surface area contributed by atoms with E-state index in [9.17, 15) is 0 Å². The number of hydrogen-bond donors (Lipinski definition) is 0. The first-order valence-electron chi connectivity index (χ1n) is 3.87. The molecule has 0 aromatic rings. The Kier molecular flexibility index (Phi) is 2.64. The minimum absolute atomic E-state index is 0.983. The first kappa shape index (κ1) is 6.68. The summed E-state index contributed by atoms with van der Waals surface area (Å²) in [6, 6.07) is 0. The molecule has 1 saturated carbocycles. The van der Waals surface area contributed by atoms with E-state index >= 15 is 0 Å². The summed E-state index contributed by atoms with van der Waals surface area (Å²) < 4.78 is 0. The molecule has 0 N–H and O–H groups in total. The van der Waals surface area contributed by atoms with Crippen LogP contribution in [-0.2, 0) is 0 Å². The average molecular weight is 122 g/mol. The minimum atomic E-state index is 0.983. The fourth-order valence-corrected chi connectivity index (χ4v) is 1.27. The van der Waals surface area contributed by atoms with E-state index in [1.54, 1.807) is 0 Å². The van der Waals surface area contributed by atoms with Crippen molar-refractivity contribution in [2.45, 2.75) is 38.5 Å². The van der Waals surface area contributed by atoms with E-state index in [1.165, 1.54) is 32.1 Å². The largest absolute Gasteiger partial charge is 0.120 e. The maximum absolute atomic E-state index is 5.12. The number of rotatable bonds is 3. The van der Waals surface area contributed by atoms with Crippen molar-refractivity contribution in [2.24, 2.45) is 5.92 Å². The van der Waals surface area contributed by atoms with Crippen molar-refractivity contribution in [1.29, 1.82) is 0 Å². The van der Waals surface area contributed by atoms with Crippen molar-refractivity contribution in [1.82, 2.24) is 0 Å². The first-order chi connectivity index (χ1) is 4.43. The molecule has 0 bridgehead atoms. The summed E-state index contributed by atoms with van der Waals surface area (Å²) in [6.07, 6.45) is 13.1. The van der Waals surface area contributed by atoms with Crippen molar-refractivity contribution in [3.63, 3.8) is 0 Å². The number of unbranched alkanes of at least 4 members (excludes halogenated alkanes) is 1. The van der Waals surface area contributed by atoms with Gasteiger partial charge in [-0.15, -0.1) is 12.3 Å². The molecule has 0 amide bonds. The molecule has 1 rings (SSSR count). The molecule has 0 radical (unpaired) electrons. The summed E-state index contributed by atoms with van der Waals surface area (Å²) in [4.78, 5) is 0. The second-order valence-electron chi connectivity index (χ2n) is 2.89. The summed E-state index contributed by atoms with van der Waals surface area (Å²) in [6.45, 7) is 0. The Balaban J connectivity index is 1.87. The van der Waals surface area contributed by atoms with Crippen LogP contribution in [0.2, 0.25) is 0 Å². The van der Waals surface area contributed by atoms with E-state index in [0.29, 0.717) is 0 Å². The molecule has 0 aromatic carbocycles. The number of hydrogen-bond acceptors (Lipinski definition) is 0. The zero-order chi connectivity index (χ0) is 6.53. The Labute approximate surface area is 57.7 Å². The third kappa shape index (κ3) is 2.10. The van der Waals surface area contributed by atoms with E-state index in [0.717, 1.165) is 12.3 Å². The Hall–Kier alpha value is -0.440. The van der Waals surface area contributed by atoms with Gasteiger partial charge in [0, 0.05) is 6.42 Å². The van der Waals surface area contributed by atoms with Gasteiger partial charge in [-0.3, -0.25) is 0 Å². The monoisotopic (exact) mass is 122 g/mol. The third-order valence-corrected chi connectivity index (χ3v) is 2.16. The van der Waals surface area contributed by atoms with E-state index in [1.807, 2.05) is 0 Å². The van der Waals surface area contributed by atoms with E-state index in [4.69, 9.17) is 6.42 Å². The Bertz CT molecular complexity index is 104. The van der Waals surface area contributed by atoms with Crippen LogP contribution in [0.4, 0.5) is 0 Å². The molecule has 50 valence electrons. The van der Waals surface area contributed by atoms with Crippen LogP contribution in [0.15, 0.2) is 0 Å². The van der Waals surface area contributed by atoms with Crippen molar-refractivity contribution in [2.75, 3.05) is 0 Å². The van der Waals surface area contributed by atoms with Crippen LogP contribution < -0.4 is 0 Å². The lowest BCUT2D eigenvalue weighted by atomic mass is 9.82. The van der Waals surface area contributed by atoms with Crippen LogP contribution in [0.3, 0.4) is 0 Å².